The van der Waals surface area contributed by atoms with Crippen molar-refractivity contribution in [2.75, 3.05) is 5.43 Å². The van der Waals surface area contributed by atoms with Crippen molar-refractivity contribution < 1.29 is 0 Å². The van der Waals surface area contributed by atoms with Gasteiger partial charge in [0, 0.05) is 11.6 Å². The normalized spacial score (nSPS) is 9.06. The Morgan fingerprint density at radius 3 is 2.71 bits per heavy atom. The molecule has 2 aromatic rings. The van der Waals surface area contributed by atoms with Gasteiger partial charge in [0.2, 0.25) is 5.71 Å². The number of anilines is 1. The molecule has 0 aliphatic carbocycles. The number of nitriles is 2. The van der Waals surface area contributed by atoms with Crippen molar-refractivity contribution in [3.05, 3.63) is 36.5 Å². The number of hydrogen-bond acceptors (Lipinski definition) is 5. The van der Waals surface area contributed by atoms with Gasteiger partial charge in [0.05, 0.1) is 11.2 Å². The highest BCUT2D eigenvalue weighted by molar-refractivity contribution is 6.10. The summed E-state index contributed by atoms with van der Waals surface area (Å²) >= 11 is 0. The van der Waals surface area contributed by atoms with E-state index in [2.05, 4.69) is 15.5 Å². The first-order valence-electron chi connectivity index (χ1n) is 4.83. The molecule has 0 atom stereocenters. The number of pyridine rings is 1. The summed E-state index contributed by atoms with van der Waals surface area (Å²) in [6, 6.07) is 12.7. The van der Waals surface area contributed by atoms with E-state index in [1.807, 2.05) is 24.3 Å². The van der Waals surface area contributed by atoms with Crippen molar-refractivity contribution >= 4 is 22.3 Å². The van der Waals surface area contributed by atoms with Crippen molar-refractivity contribution in [2.24, 2.45) is 5.10 Å². The molecule has 1 aromatic heterocycles. The van der Waals surface area contributed by atoms with Gasteiger partial charge in [-0.2, -0.15) is 15.6 Å². The molecule has 1 aromatic carbocycles. The van der Waals surface area contributed by atoms with Gasteiger partial charge in [0.25, 0.3) is 0 Å². The molecule has 0 aliphatic heterocycles. The largest absolute Gasteiger partial charge is 0.274 e. The lowest BCUT2D eigenvalue weighted by molar-refractivity contribution is 1.32. The van der Waals surface area contributed by atoms with Gasteiger partial charge in [-0.05, 0) is 12.1 Å². The zero-order chi connectivity index (χ0) is 12.1. The topological polar surface area (TPSA) is 84.9 Å². The fourth-order valence-electron chi connectivity index (χ4n) is 1.39. The zero-order valence-corrected chi connectivity index (χ0v) is 8.75. The molecule has 0 unspecified atom stereocenters. The summed E-state index contributed by atoms with van der Waals surface area (Å²) in [7, 11) is 0. The first-order chi connectivity index (χ1) is 8.35. The van der Waals surface area contributed by atoms with E-state index in [1.54, 1.807) is 24.4 Å². The molecule has 0 saturated carbocycles. The fourth-order valence-corrected chi connectivity index (χ4v) is 1.39. The van der Waals surface area contributed by atoms with Gasteiger partial charge in [0.1, 0.15) is 12.1 Å². The number of nitrogens with zero attached hydrogens (tertiary/aromatic N) is 4. The Morgan fingerprint density at radius 1 is 1.18 bits per heavy atom. The Morgan fingerprint density at radius 2 is 1.94 bits per heavy atom. The minimum absolute atomic E-state index is 0.224. The lowest BCUT2D eigenvalue weighted by Crippen LogP contribution is -1.97. The standard InChI is InChI=1S/C12H7N5/c13-7-10(8-14)16-17-11-5-1-3-9-4-2-6-15-12(9)11/h1-6,17H. The van der Waals surface area contributed by atoms with Crippen molar-refractivity contribution in [1.29, 1.82) is 10.5 Å². The zero-order valence-electron chi connectivity index (χ0n) is 8.75. The molecule has 5 heteroatoms. The molecule has 0 fully saturated rings. The number of rotatable bonds is 2. The first-order valence-corrected chi connectivity index (χ1v) is 4.83. The number of aromatic nitrogens is 1. The Balaban J connectivity index is 2.41. The molecular formula is C12H7N5. The molecular weight excluding hydrogens is 214 g/mol. The molecule has 0 saturated heterocycles. The Hall–Kier alpha value is -2.92. The maximum atomic E-state index is 8.56. The third kappa shape index (κ3) is 2.19. The predicted octanol–water partition coefficient (Wildman–Crippen LogP) is 2.05. The van der Waals surface area contributed by atoms with Crippen LogP contribution in [0.4, 0.5) is 5.69 Å². The van der Waals surface area contributed by atoms with Crippen LogP contribution in [0.15, 0.2) is 41.6 Å². The first kappa shape index (κ1) is 10.6. The molecule has 2 rings (SSSR count). The smallest absolute Gasteiger partial charge is 0.237 e. The van der Waals surface area contributed by atoms with E-state index in [0.717, 1.165) is 10.9 Å². The number of nitrogens with one attached hydrogen (secondary N) is 1. The summed E-state index contributed by atoms with van der Waals surface area (Å²) in [5.41, 5.74) is 3.85. The highest BCUT2D eigenvalue weighted by atomic mass is 15.3. The average molecular weight is 221 g/mol. The lowest BCUT2D eigenvalue weighted by Gasteiger charge is -2.03. The van der Waals surface area contributed by atoms with E-state index in [9.17, 15) is 0 Å². The molecule has 0 bridgehead atoms. The molecule has 5 nitrogen and oxygen atoms in total. The van der Waals surface area contributed by atoms with Gasteiger partial charge in [-0.3, -0.25) is 10.4 Å². The number of fused-ring (bicyclic) bond motifs is 1. The van der Waals surface area contributed by atoms with Crippen LogP contribution in [-0.2, 0) is 0 Å². The van der Waals surface area contributed by atoms with Crippen LogP contribution in [0.25, 0.3) is 10.9 Å². The second-order valence-electron chi connectivity index (χ2n) is 3.18. The van der Waals surface area contributed by atoms with E-state index in [-0.39, 0.29) is 5.71 Å². The van der Waals surface area contributed by atoms with Gasteiger partial charge in [-0.25, -0.2) is 0 Å². The molecule has 0 amide bonds. The SMILES string of the molecule is N#CC(C#N)=NNc1cccc2cccnc12. The minimum atomic E-state index is -0.224. The molecule has 0 spiro atoms. The van der Waals surface area contributed by atoms with E-state index < -0.39 is 0 Å². The number of hydrazone groups is 1. The summed E-state index contributed by atoms with van der Waals surface area (Å²) in [4.78, 5) is 4.21. The highest BCUT2D eigenvalue weighted by Gasteiger charge is 2.00. The van der Waals surface area contributed by atoms with Gasteiger partial charge >= 0.3 is 0 Å². The van der Waals surface area contributed by atoms with Gasteiger partial charge in [0.15, 0.2) is 0 Å². The third-order valence-electron chi connectivity index (χ3n) is 2.13. The summed E-state index contributed by atoms with van der Waals surface area (Å²) in [6.07, 6.45) is 1.67. The van der Waals surface area contributed by atoms with Crippen LogP contribution < -0.4 is 5.43 Å². The van der Waals surface area contributed by atoms with Crippen LogP contribution >= 0.6 is 0 Å². The molecule has 1 heterocycles. The average Bonchev–Trinajstić information content (AvgIpc) is 2.40. The molecule has 0 radical (unpaired) electrons. The monoisotopic (exact) mass is 221 g/mol. The Bertz CT molecular complexity index is 639. The van der Waals surface area contributed by atoms with Crippen LogP contribution in [-0.4, -0.2) is 10.7 Å². The van der Waals surface area contributed by atoms with Gasteiger partial charge < -0.3 is 0 Å². The summed E-state index contributed by atoms with van der Waals surface area (Å²) in [6.45, 7) is 0. The predicted molar refractivity (Wildman–Crippen MR) is 64.0 cm³/mol. The van der Waals surface area contributed by atoms with Crippen LogP contribution in [0, 0.1) is 22.7 Å². The van der Waals surface area contributed by atoms with E-state index in [4.69, 9.17) is 10.5 Å². The fraction of sp³-hybridized carbons (Fsp3) is 0. The van der Waals surface area contributed by atoms with Crippen molar-refractivity contribution in [2.45, 2.75) is 0 Å². The van der Waals surface area contributed by atoms with E-state index in [1.165, 1.54) is 0 Å². The van der Waals surface area contributed by atoms with Crippen molar-refractivity contribution in [1.82, 2.24) is 4.98 Å². The van der Waals surface area contributed by atoms with E-state index >= 15 is 0 Å². The van der Waals surface area contributed by atoms with E-state index in [0.29, 0.717) is 5.69 Å². The minimum Gasteiger partial charge on any atom is -0.274 e. The molecule has 17 heavy (non-hydrogen) atoms. The molecule has 80 valence electrons. The van der Waals surface area contributed by atoms with Crippen molar-refractivity contribution in [3.63, 3.8) is 0 Å². The summed E-state index contributed by atoms with van der Waals surface area (Å²) in [5, 5.41) is 21.8. The quantitative estimate of drug-likeness (QED) is 0.621. The van der Waals surface area contributed by atoms with Crippen LogP contribution in [0.1, 0.15) is 0 Å². The van der Waals surface area contributed by atoms with Gasteiger partial charge in [-0.15, -0.1) is 0 Å². The molecule has 0 aliphatic rings. The second kappa shape index (κ2) is 4.73. The summed E-state index contributed by atoms with van der Waals surface area (Å²) < 4.78 is 0. The maximum absolute atomic E-state index is 8.56. The van der Waals surface area contributed by atoms with Gasteiger partial charge in [-0.1, -0.05) is 18.2 Å². The summed E-state index contributed by atoms with van der Waals surface area (Å²) in [5.74, 6) is 0. The number of benzene rings is 1. The highest BCUT2D eigenvalue weighted by Crippen LogP contribution is 2.20. The Labute approximate surface area is 97.6 Å². The Kier molecular flexibility index (Phi) is 2.95. The third-order valence-corrected chi connectivity index (χ3v) is 2.13. The number of hydrogen-bond donors (Lipinski definition) is 1. The van der Waals surface area contributed by atoms with Crippen LogP contribution in [0.2, 0.25) is 0 Å². The lowest BCUT2D eigenvalue weighted by atomic mass is 10.2. The number of para-hydroxylation sites is 1. The van der Waals surface area contributed by atoms with Crippen LogP contribution in [0.5, 0.6) is 0 Å². The molecule has 1 N–H and O–H groups in total. The van der Waals surface area contributed by atoms with Crippen LogP contribution in [0.3, 0.4) is 0 Å². The second-order valence-corrected chi connectivity index (χ2v) is 3.18. The maximum Gasteiger partial charge on any atom is 0.237 e. The van der Waals surface area contributed by atoms with Crippen molar-refractivity contribution in [3.8, 4) is 12.1 Å².